The molecule has 0 aliphatic carbocycles. The quantitative estimate of drug-likeness (QED) is 0.622. The molecule has 0 bridgehead atoms. The van der Waals surface area contributed by atoms with Gasteiger partial charge in [-0.1, -0.05) is 23.2 Å². The Hall–Kier alpha value is -1.65. The molecule has 0 saturated carbocycles. The lowest BCUT2D eigenvalue weighted by Gasteiger charge is -2.07. The van der Waals surface area contributed by atoms with Crippen LogP contribution in [-0.2, 0) is 4.74 Å². The molecule has 0 aliphatic rings. The minimum Gasteiger partial charge on any atom is -0.465 e. The molecule has 1 heterocycles. The predicted octanol–water partition coefficient (Wildman–Crippen LogP) is 3.98. The lowest BCUT2D eigenvalue weighted by molar-refractivity contribution is 0.0600. The monoisotopic (exact) mass is 299 g/mol. The van der Waals surface area contributed by atoms with Crippen LogP contribution in [0.25, 0.3) is 11.1 Å². The van der Waals surface area contributed by atoms with Gasteiger partial charge in [-0.05, 0) is 24.3 Å². The highest BCUT2D eigenvalue weighted by molar-refractivity contribution is 6.35. The van der Waals surface area contributed by atoms with E-state index in [0.29, 0.717) is 15.6 Å². The highest BCUT2D eigenvalue weighted by Gasteiger charge is 2.15. The van der Waals surface area contributed by atoms with E-state index in [1.165, 1.54) is 19.2 Å². The fourth-order valence-corrected chi connectivity index (χ4v) is 1.96. The third kappa shape index (κ3) is 2.85. The summed E-state index contributed by atoms with van der Waals surface area (Å²) in [5.41, 5.74) is 0.593. The van der Waals surface area contributed by atoms with Gasteiger partial charge in [0, 0.05) is 27.4 Å². The zero-order valence-electron chi connectivity index (χ0n) is 9.78. The Kier molecular flexibility index (Phi) is 4.02. The minimum atomic E-state index is -0.739. The van der Waals surface area contributed by atoms with Gasteiger partial charge < -0.3 is 4.74 Å². The molecule has 6 heteroatoms. The van der Waals surface area contributed by atoms with Gasteiger partial charge in [0.05, 0.1) is 12.7 Å². The van der Waals surface area contributed by atoms with Crippen molar-refractivity contribution in [3.63, 3.8) is 0 Å². The Morgan fingerprint density at radius 1 is 1.26 bits per heavy atom. The number of benzene rings is 1. The second-order valence-corrected chi connectivity index (χ2v) is 4.52. The topological polar surface area (TPSA) is 39.2 Å². The van der Waals surface area contributed by atoms with Crippen LogP contribution in [-0.4, -0.2) is 18.1 Å². The molecule has 0 fully saturated rings. The van der Waals surface area contributed by atoms with Crippen molar-refractivity contribution in [1.82, 2.24) is 4.98 Å². The number of esters is 1. The highest BCUT2D eigenvalue weighted by Crippen LogP contribution is 2.32. The Morgan fingerprint density at radius 3 is 2.68 bits per heavy atom. The molecule has 2 aromatic rings. The third-order valence-corrected chi connectivity index (χ3v) is 3.04. The van der Waals surface area contributed by atoms with Crippen LogP contribution < -0.4 is 0 Å². The first-order chi connectivity index (χ1) is 9.02. The smallest absolute Gasteiger partial charge is 0.339 e. The van der Waals surface area contributed by atoms with E-state index in [0.717, 1.165) is 6.20 Å². The van der Waals surface area contributed by atoms with E-state index in [1.54, 1.807) is 12.1 Å². The van der Waals surface area contributed by atoms with Gasteiger partial charge in [-0.2, -0.15) is 4.39 Å². The van der Waals surface area contributed by atoms with E-state index in [-0.39, 0.29) is 11.1 Å². The van der Waals surface area contributed by atoms with Gasteiger partial charge in [0.15, 0.2) is 0 Å². The fraction of sp³-hybridized carbons (Fsp3) is 0.0769. The molecule has 0 radical (unpaired) electrons. The summed E-state index contributed by atoms with van der Waals surface area (Å²) in [7, 11) is 1.23. The molecule has 0 aliphatic heterocycles. The first-order valence-electron chi connectivity index (χ1n) is 5.22. The maximum absolute atomic E-state index is 13.8. The number of halogens is 3. The van der Waals surface area contributed by atoms with E-state index in [1.807, 2.05) is 0 Å². The van der Waals surface area contributed by atoms with Crippen LogP contribution in [0.4, 0.5) is 4.39 Å². The fourth-order valence-electron chi connectivity index (χ4n) is 1.57. The maximum atomic E-state index is 13.8. The van der Waals surface area contributed by atoms with Crippen molar-refractivity contribution in [3.05, 3.63) is 52.0 Å². The number of carbonyl (C=O) groups excluding carboxylic acids is 1. The molecule has 2 rings (SSSR count). The molecule has 1 aromatic carbocycles. The summed E-state index contributed by atoms with van der Waals surface area (Å²) >= 11 is 11.9. The van der Waals surface area contributed by atoms with Crippen LogP contribution in [0.15, 0.2) is 30.5 Å². The van der Waals surface area contributed by atoms with Crippen molar-refractivity contribution in [2.75, 3.05) is 7.11 Å². The first-order valence-corrected chi connectivity index (χ1v) is 5.98. The molecular weight excluding hydrogens is 292 g/mol. The predicted molar refractivity (Wildman–Crippen MR) is 71.0 cm³/mol. The van der Waals surface area contributed by atoms with Gasteiger partial charge in [-0.25, -0.2) is 9.78 Å². The van der Waals surface area contributed by atoms with Gasteiger partial charge in [-0.15, -0.1) is 0 Å². The van der Waals surface area contributed by atoms with Crippen LogP contribution in [0.2, 0.25) is 10.0 Å². The lowest BCUT2D eigenvalue weighted by Crippen LogP contribution is -2.03. The van der Waals surface area contributed by atoms with Crippen LogP contribution in [0.1, 0.15) is 10.4 Å². The lowest BCUT2D eigenvalue weighted by atomic mass is 10.1. The normalized spacial score (nSPS) is 10.3. The molecule has 0 N–H and O–H groups in total. The number of hydrogen-bond donors (Lipinski definition) is 0. The molecule has 0 amide bonds. The van der Waals surface area contributed by atoms with Crippen molar-refractivity contribution in [2.45, 2.75) is 0 Å². The number of nitrogens with zero attached hydrogens (tertiary/aromatic N) is 1. The minimum absolute atomic E-state index is 0.0930. The molecule has 0 saturated heterocycles. The number of pyridine rings is 1. The van der Waals surface area contributed by atoms with Crippen LogP contribution >= 0.6 is 23.2 Å². The third-order valence-electron chi connectivity index (χ3n) is 2.48. The second-order valence-electron chi connectivity index (χ2n) is 3.68. The van der Waals surface area contributed by atoms with E-state index < -0.39 is 11.9 Å². The molecule has 0 spiro atoms. The number of rotatable bonds is 2. The Labute approximate surface area is 118 Å². The Balaban J connectivity index is 2.61. The largest absolute Gasteiger partial charge is 0.465 e. The zero-order chi connectivity index (χ0) is 14.0. The van der Waals surface area contributed by atoms with Gasteiger partial charge in [0.25, 0.3) is 0 Å². The molecule has 98 valence electrons. The number of methoxy groups -OCH3 is 1. The van der Waals surface area contributed by atoms with Crippen LogP contribution in [0.5, 0.6) is 0 Å². The number of ether oxygens (including phenoxy) is 1. The van der Waals surface area contributed by atoms with Crippen LogP contribution in [0, 0.1) is 5.95 Å². The van der Waals surface area contributed by atoms with Crippen LogP contribution in [0.3, 0.4) is 0 Å². The number of aromatic nitrogens is 1. The summed E-state index contributed by atoms with van der Waals surface area (Å²) in [6, 6.07) is 5.96. The van der Waals surface area contributed by atoms with Crippen molar-refractivity contribution in [1.29, 1.82) is 0 Å². The van der Waals surface area contributed by atoms with E-state index >= 15 is 0 Å². The Morgan fingerprint density at radius 2 is 2.00 bits per heavy atom. The van der Waals surface area contributed by atoms with Crippen molar-refractivity contribution >= 4 is 29.2 Å². The average molecular weight is 300 g/mol. The maximum Gasteiger partial charge on any atom is 0.339 e. The van der Waals surface area contributed by atoms with Gasteiger partial charge in [-0.3, -0.25) is 0 Å². The van der Waals surface area contributed by atoms with E-state index in [4.69, 9.17) is 23.2 Å². The van der Waals surface area contributed by atoms with Gasteiger partial charge >= 0.3 is 5.97 Å². The SMILES string of the molecule is COC(=O)c1cnc(F)c(-c2cc(Cl)ccc2Cl)c1. The van der Waals surface area contributed by atoms with Gasteiger partial charge in [0.2, 0.25) is 5.95 Å². The summed E-state index contributed by atoms with van der Waals surface area (Å²) in [5, 5.41) is 0.717. The zero-order valence-corrected chi connectivity index (χ0v) is 11.3. The standard InChI is InChI=1S/C13H8Cl2FNO2/c1-19-13(18)7-4-10(12(16)17-6-7)9-5-8(14)2-3-11(9)15/h2-6H,1H3. The summed E-state index contributed by atoms with van der Waals surface area (Å²) in [6.07, 6.45) is 1.10. The molecule has 19 heavy (non-hydrogen) atoms. The van der Waals surface area contributed by atoms with E-state index in [2.05, 4.69) is 9.72 Å². The second kappa shape index (κ2) is 5.55. The summed E-state index contributed by atoms with van der Waals surface area (Å²) in [5.74, 6) is -1.34. The summed E-state index contributed by atoms with van der Waals surface area (Å²) < 4.78 is 18.3. The van der Waals surface area contributed by atoms with Crippen molar-refractivity contribution < 1.29 is 13.9 Å². The average Bonchev–Trinajstić information content (AvgIpc) is 2.41. The van der Waals surface area contributed by atoms with Crippen molar-refractivity contribution in [3.8, 4) is 11.1 Å². The Bertz CT molecular complexity index is 647. The highest BCUT2D eigenvalue weighted by atomic mass is 35.5. The summed E-state index contributed by atoms with van der Waals surface area (Å²) in [6.45, 7) is 0. The number of carbonyl (C=O) groups is 1. The molecular formula is C13H8Cl2FNO2. The van der Waals surface area contributed by atoms with Gasteiger partial charge in [0.1, 0.15) is 0 Å². The molecule has 3 nitrogen and oxygen atoms in total. The first kappa shape index (κ1) is 13.8. The van der Waals surface area contributed by atoms with Crippen molar-refractivity contribution in [2.24, 2.45) is 0 Å². The molecule has 1 aromatic heterocycles. The summed E-state index contributed by atoms with van der Waals surface area (Å²) in [4.78, 5) is 14.9. The molecule has 0 atom stereocenters. The number of hydrogen-bond acceptors (Lipinski definition) is 3. The van der Waals surface area contributed by atoms with E-state index in [9.17, 15) is 9.18 Å². The molecule has 0 unspecified atom stereocenters.